The molecule has 4 aliphatic heterocycles. The van der Waals surface area contributed by atoms with Crippen LogP contribution in [0.25, 0.3) is 5.70 Å². The molecule has 2 saturated heterocycles. The van der Waals surface area contributed by atoms with Crippen LogP contribution in [-0.4, -0.2) is 50.0 Å². The Hall–Kier alpha value is -2.21. The fraction of sp³-hybridized carbons (Fsp3) is 0.571. The topological polar surface area (TPSA) is 67.2 Å². The van der Waals surface area contributed by atoms with Gasteiger partial charge >= 0.3 is 6.09 Å². The number of hydrogen-bond acceptors (Lipinski definition) is 4. The van der Waals surface area contributed by atoms with Crippen molar-refractivity contribution in [3.8, 4) is 0 Å². The van der Waals surface area contributed by atoms with Crippen LogP contribution in [0.5, 0.6) is 0 Å². The van der Waals surface area contributed by atoms with Gasteiger partial charge in [0.05, 0.1) is 17.9 Å². The monoisotopic (exact) mass is 367 g/mol. The minimum absolute atomic E-state index is 0.230. The maximum Gasteiger partial charge on any atom is 0.407 e. The molecule has 0 aromatic heterocycles. The van der Waals surface area contributed by atoms with Crippen molar-refractivity contribution in [2.24, 2.45) is 11.3 Å². The van der Waals surface area contributed by atoms with Gasteiger partial charge in [0, 0.05) is 17.6 Å². The van der Waals surface area contributed by atoms with E-state index in [2.05, 4.69) is 29.2 Å². The molecule has 6 rings (SSSR count). The van der Waals surface area contributed by atoms with Gasteiger partial charge in [0.1, 0.15) is 6.67 Å². The highest BCUT2D eigenvalue weighted by Gasteiger charge is 2.58. The molecular formula is C21H25N3O3. The first-order valence-electron chi connectivity index (χ1n) is 10.1. The van der Waals surface area contributed by atoms with Crippen LogP contribution in [0.2, 0.25) is 0 Å². The van der Waals surface area contributed by atoms with Crippen LogP contribution in [0.1, 0.15) is 55.7 Å². The van der Waals surface area contributed by atoms with E-state index in [-0.39, 0.29) is 12.1 Å². The number of hydroxylamine groups is 2. The average molecular weight is 367 g/mol. The molecule has 2 N–H and O–H groups in total. The Bertz CT molecular complexity index is 831. The number of rotatable bonds is 1. The lowest BCUT2D eigenvalue weighted by molar-refractivity contribution is -0.0872. The third-order valence-electron chi connectivity index (χ3n) is 7.78. The SMILES string of the molecule is O=C(O)N1[C@@H]2CC[C@@H]1CC1(CC([C@@H]3c4ccccc4C4=CN(O)CN43)C1)C2. The molecule has 4 heterocycles. The van der Waals surface area contributed by atoms with Crippen molar-refractivity contribution >= 4 is 11.8 Å². The smallest absolute Gasteiger partial charge is 0.407 e. The highest BCUT2D eigenvalue weighted by molar-refractivity contribution is 5.73. The van der Waals surface area contributed by atoms with E-state index in [9.17, 15) is 15.1 Å². The second-order valence-corrected chi connectivity index (χ2v) is 9.25. The number of amides is 1. The van der Waals surface area contributed by atoms with Crippen molar-refractivity contribution in [1.29, 1.82) is 0 Å². The third-order valence-corrected chi connectivity index (χ3v) is 7.78. The lowest BCUT2D eigenvalue weighted by atomic mass is 9.54. The summed E-state index contributed by atoms with van der Waals surface area (Å²) in [5.74, 6) is 0.583. The molecule has 1 saturated carbocycles. The average Bonchev–Trinajstić information content (AvgIpc) is 3.21. The van der Waals surface area contributed by atoms with E-state index in [4.69, 9.17) is 0 Å². The van der Waals surface area contributed by atoms with Crippen molar-refractivity contribution in [2.75, 3.05) is 6.67 Å². The van der Waals surface area contributed by atoms with Crippen LogP contribution >= 0.6 is 0 Å². The summed E-state index contributed by atoms with van der Waals surface area (Å²) in [6.45, 7) is 0.538. The first-order chi connectivity index (χ1) is 13.0. The third kappa shape index (κ3) is 2.07. The quantitative estimate of drug-likeness (QED) is 0.792. The Kier molecular flexibility index (Phi) is 3.04. The van der Waals surface area contributed by atoms with Gasteiger partial charge in [-0.1, -0.05) is 24.3 Å². The van der Waals surface area contributed by atoms with Gasteiger partial charge in [-0.15, -0.1) is 0 Å². The Morgan fingerprint density at radius 2 is 1.78 bits per heavy atom. The zero-order valence-corrected chi connectivity index (χ0v) is 15.3. The summed E-state index contributed by atoms with van der Waals surface area (Å²) in [6.07, 6.45) is 7.63. The van der Waals surface area contributed by atoms with Gasteiger partial charge in [0.2, 0.25) is 0 Å². The van der Waals surface area contributed by atoms with E-state index in [1.165, 1.54) is 29.0 Å². The second-order valence-electron chi connectivity index (χ2n) is 9.25. The summed E-state index contributed by atoms with van der Waals surface area (Å²) < 4.78 is 0. The molecule has 6 nitrogen and oxygen atoms in total. The van der Waals surface area contributed by atoms with Gasteiger partial charge in [-0.25, -0.2) is 9.86 Å². The van der Waals surface area contributed by atoms with Crippen LogP contribution in [0.4, 0.5) is 4.79 Å². The molecule has 0 unspecified atom stereocenters. The van der Waals surface area contributed by atoms with Crippen LogP contribution in [0.15, 0.2) is 30.5 Å². The summed E-state index contributed by atoms with van der Waals surface area (Å²) in [5, 5.41) is 20.8. The number of carbonyl (C=O) groups is 1. The summed E-state index contributed by atoms with van der Waals surface area (Å²) >= 11 is 0. The van der Waals surface area contributed by atoms with E-state index < -0.39 is 6.09 Å². The number of benzene rings is 1. The Morgan fingerprint density at radius 1 is 1.07 bits per heavy atom. The molecule has 3 atom stereocenters. The molecule has 142 valence electrons. The molecule has 1 spiro atoms. The van der Waals surface area contributed by atoms with Crippen LogP contribution in [0.3, 0.4) is 0 Å². The number of nitrogens with zero attached hydrogens (tertiary/aromatic N) is 3. The molecule has 1 aromatic carbocycles. The highest BCUT2D eigenvalue weighted by atomic mass is 16.5. The minimum Gasteiger partial charge on any atom is -0.465 e. The van der Waals surface area contributed by atoms with Crippen LogP contribution in [0, 0.1) is 11.3 Å². The van der Waals surface area contributed by atoms with E-state index >= 15 is 0 Å². The van der Waals surface area contributed by atoms with Crippen LogP contribution in [-0.2, 0) is 0 Å². The van der Waals surface area contributed by atoms with Gasteiger partial charge < -0.3 is 14.9 Å². The molecule has 1 aliphatic carbocycles. The molecule has 2 bridgehead atoms. The molecule has 27 heavy (non-hydrogen) atoms. The van der Waals surface area contributed by atoms with Crippen molar-refractivity contribution in [1.82, 2.24) is 14.9 Å². The van der Waals surface area contributed by atoms with E-state index in [0.717, 1.165) is 31.4 Å². The number of carboxylic acid groups (broad SMARTS) is 1. The standard InChI is InChI=1S/C21H25N3O3/c25-20(26)24-14-5-6-15(24)10-21(9-14)7-13(8-21)19-17-4-2-1-3-16(17)18-11-22(27)12-23(18)19/h1-4,11,13-15,19,27H,5-10,12H2,(H,25,26)/t14-,15-,19-/m1/s1. The van der Waals surface area contributed by atoms with Gasteiger partial charge in [-0.05, 0) is 55.4 Å². The summed E-state index contributed by atoms with van der Waals surface area (Å²) in [5.41, 5.74) is 4.12. The second kappa shape index (κ2) is 5.19. The summed E-state index contributed by atoms with van der Waals surface area (Å²) in [4.78, 5) is 15.7. The predicted octanol–water partition coefficient (Wildman–Crippen LogP) is 3.71. The molecular weight excluding hydrogens is 342 g/mol. The maximum atomic E-state index is 11.6. The van der Waals surface area contributed by atoms with Crippen molar-refractivity contribution in [2.45, 2.75) is 56.7 Å². The Balaban J connectivity index is 1.25. The fourth-order valence-corrected chi connectivity index (χ4v) is 6.98. The van der Waals surface area contributed by atoms with Crippen molar-refractivity contribution in [3.63, 3.8) is 0 Å². The molecule has 6 heteroatoms. The molecule has 3 fully saturated rings. The van der Waals surface area contributed by atoms with E-state index in [0.29, 0.717) is 24.0 Å². The normalized spacial score (nSPS) is 38.7. The first kappa shape index (κ1) is 15.8. The largest absolute Gasteiger partial charge is 0.465 e. The van der Waals surface area contributed by atoms with Gasteiger partial charge in [-0.3, -0.25) is 5.21 Å². The molecule has 0 radical (unpaired) electrons. The molecule has 1 aromatic rings. The Labute approximate surface area is 158 Å². The highest BCUT2D eigenvalue weighted by Crippen LogP contribution is 2.63. The maximum absolute atomic E-state index is 11.6. The first-order valence-corrected chi connectivity index (χ1v) is 10.1. The predicted molar refractivity (Wildman–Crippen MR) is 98.6 cm³/mol. The van der Waals surface area contributed by atoms with Gasteiger partial charge in [0.15, 0.2) is 0 Å². The lowest BCUT2D eigenvalue weighted by Crippen LogP contribution is -2.55. The van der Waals surface area contributed by atoms with Crippen LogP contribution < -0.4 is 0 Å². The van der Waals surface area contributed by atoms with E-state index in [1.807, 2.05) is 6.20 Å². The molecule has 5 aliphatic rings. The van der Waals surface area contributed by atoms with E-state index in [1.54, 1.807) is 4.90 Å². The zero-order valence-electron chi connectivity index (χ0n) is 15.3. The van der Waals surface area contributed by atoms with Gasteiger partial charge in [-0.2, -0.15) is 0 Å². The molecule has 1 amide bonds. The number of hydrogen-bond donors (Lipinski definition) is 2. The van der Waals surface area contributed by atoms with Crippen molar-refractivity contribution < 1.29 is 15.1 Å². The lowest BCUT2D eigenvalue weighted by Gasteiger charge is -2.56. The zero-order chi connectivity index (χ0) is 18.3. The fourth-order valence-electron chi connectivity index (χ4n) is 6.98. The van der Waals surface area contributed by atoms with Crippen molar-refractivity contribution in [3.05, 3.63) is 41.6 Å². The summed E-state index contributed by atoms with van der Waals surface area (Å²) in [7, 11) is 0. The Morgan fingerprint density at radius 3 is 2.48 bits per heavy atom. The number of piperidine rings is 1. The number of fused-ring (bicyclic) bond motifs is 5. The minimum atomic E-state index is -0.729. The summed E-state index contributed by atoms with van der Waals surface area (Å²) in [6, 6.07) is 9.38. The van der Waals surface area contributed by atoms with Gasteiger partial charge in [0.25, 0.3) is 0 Å².